The van der Waals surface area contributed by atoms with Gasteiger partial charge in [0.15, 0.2) is 0 Å². The van der Waals surface area contributed by atoms with Gasteiger partial charge in [-0.05, 0) is 31.2 Å². The number of benzene rings is 1. The highest BCUT2D eigenvalue weighted by atomic mass is 79.9. The lowest BCUT2D eigenvalue weighted by Gasteiger charge is -2.06. The van der Waals surface area contributed by atoms with Crippen LogP contribution in [-0.2, 0) is 21.4 Å². The van der Waals surface area contributed by atoms with Gasteiger partial charge in [-0.2, -0.15) is 8.42 Å². The second-order valence-electron chi connectivity index (χ2n) is 4.68. The van der Waals surface area contributed by atoms with E-state index in [9.17, 15) is 13.2 Å². The van der Waals surface area contributed by atoms with Crippen LogP contribution in [0.3, 0.4) is 0 Å². The third-order valence-electron chi connectivity index (χ3n) is 2.83. The predicted molar refractivity (Wildman–Crippen MR) is 85.3 cm³/mol. The van der Waals surface area contributed by atoms with Gasteiger partial charge in [0.2, 0.25) is 5.91 Å². The number of nitrogens with two attached hydrogens (primary N) is 1. The van der Waals surface area contributed by atoms with E-state index in [0.717, 1.165) is 5.56 Å². The van der Waals surface area contributed by atoms with Gasteiger partial charge in [-0.1, -0.05) is 33.6 Å². The summed E-state index contributed by atoms with van der Waals surface area (Å²) in [4.78, 5) is 11.2. The van der Waals surface area contributed by atoms with E-state index in [1.807, 2.05) is 6.92 Å². The average molecular weight is 384 g/mol. The Bertz CT molecular complexity index is 871. The van der Waals surface area contributed by atoms with Crippen LogP contribution in [0.5, 0.6) is 0 Å². The van der Waals surface area contributed by atoms with E-state index in [1.54, 1.807) is 24.4 Å². The number of hydrogen-bond acceptors (Lipinski definition) is 3. The number of rotatable bonds is 4. The zero-order valence-electron chi connectivity index (χ0n) is 11.7. The van der Waals surface area contributed by atoms with Crippen molar-refractivity contribution in [3.8, 4) is 0 Å². The molecule has 2 N–H and O–H groups in total. The van der Waals surface area contributed by atoms with Crippen molar-refractivity contribution < 1.29 is 13.2 Å². The molecule has 2 aromatic rings. The standard InChI is InChI=1S/C14H14BrN3O3S/c1-10-2-4-12(5-3-10)22(20,21)17-14-8-11(15)6-7-18(14)9-13(16)19/h2-8H,9H2,1H3,(H2,16,19). The molecule has 0 saturated carbocycles. The first-order valence-electron chi connectivity index (χ1n) is 6.30. The van der Waals surface area contributed by atoms with Crippen molar-refractivity contribution in [3.05, 3.63) is 58.1 Å². The molecule has 0 aliphatic rings. The molecule has 0 aliphatic heterocycles. The monoisotopic (exact) mass is 383 g/mol. The number of aryl methyl sites for hydroxylation is 1. The molecule has 0 fully saturated rings. The van der Waals surface area contributed by atoms with Crippen LogP contribution in [0.15, 0.2) is 56.4 Å². The van der Waals surface area contributed by atoms with Crippen molar-refractivity contribution >= 4 is 31.9 Å². The third kappa shape index (κ3) is 4.05. The van der Waals surface area contributed by atoms with Crippen LogP contribution < -0.4 is 11.2 Å². The number of nitrogens with zero attached hydrogens (tertiary/aromatic N) is 2. The van der Waals surface area contributed by atoms with Crippen molar-refractivity contribution in [2.24, 2.45) is 10.1 Å². The summed E-state index contributed by atoms with van der Waals surface area (Å²) in [6.45, 7) is 1.71. The van der Waals surface area contributed by atoms with Crippen LogP contribution >= 0.6 is 15.9 Å². The number of hydrogen-bond donors (Lipinski definition) is 1. The Kier molecular flexibility index (Phi) is 4.82. The molecule has 1 heterocycles. The largest absolute Gasteiger partial charge is 0.368 e. The molecule has 0 aliphatic carbocycles. The predicted octanol–water partition coefficient (Wildman–Crippen LogP) is 1.33. The molecule has 0 radical (unpaired) electrons. The molecule has 0 bridgehead atoms. The van der Waals surface area contributed by atoms with Crippen molar-refractivity contribution in [2.75, 3.05) is 0 Å². The van der Waals surface area contributed by atoms with Gasteiger partial charge in [0.05, 0.1) is 4.90 Å². The summed E-state index contributed by atoms with van der Waals surface area (Å²) in [6, 6.07) is 9.55. The first-order valence-corrected chi connectivity index (χ1v) is 8.53. The highest BCUT2D eigenvalue weighted by Gasteiger charge is 2.12. The smallest absolute Gasteiger partial charge is 0.284 e. The SMILES string of the molecule is Cc1ccc(S(=O)(=O)N=c2cc(Br)ccn2CC(N)=O)cc1. The Morgan fingerprint density at radius 2 is 1.91 bits per heavy atom. The maximum Gasteiger partial charge on any atom is 0.284 e. The van der Waals surface area contributed by atoms with Crippen molar-refractivity contribution in [1.82, 2.24) is 4.57 Å². The molecule has 0 unspecified atom stereocenters. The molecule has 1 aromatic heterocycles. The number of amides is 1. The average Bonchev–Trinajstić information content (AvgIpc) is 2.41. The molecule has 116 valence electrons. The molecule has 0 saturated heterocycles. The first-order chi connectivity index (χ1) is 10.3. The van der Waals surface area contributed by atoms with E-state index >= 15 is 0 Å². The molecule has 6 nitrogen and oxygen atoms in total. The van der Waals surface area contributed by atoms with E-state index in [1.165, 1.54) is 22.8 Å². The number of pyridine rings is 1. The van der Waals surface area contributed by atoms with E-state index in [-0.39, 0.29) is 16.9 Å². The van der Waals surface area contributed by atoms with Gasteiger partial charge in [-0.3, -0.25) is 4.79 Å². The van der Waals surface area contributed by atoms with Gasteiger partial charge in [0.25, 0.3) is 10.0 Å². The fourth-order valence-electron chi connectivity index (χ4n) is 1.76. The zero-order chi connectivity index (χ0) is 16.3. The van der Waals surface area contributed by atoms with Gasteiger partial charge in [0, 0.05) is 10.7 Å². The third-order valence-corrected chi connectivity index (χ3v) is 4.62. The van der Waals surface area contributed by atoms with Crippen LogP contribution in [0.4, 0.5) is 0 Å². The minimum atomic E-state index is -3.87. The van der Waals surface area contributed by atoms with Crippen LogP contribution in [0, 0.1) is 6.92 Å². The van der Waals surface area contributed by atoms with E-state index in [2.05, 4.69) is 20.3 Å². The second kappa shape index (κ2) is 6.45. The quantitative estimate of drug-likeness (QED) is 0.862. The summed E-state index contributed by atoms with van der Waals surface area (Å²) < 4.78 is 30.5. The van der Waals surface area contributed by atoms with Gasteiger partial charge in [-0.15, -0.1) is 4.40 Å². The van der Waals surface area contributed by atoms with Crippen LogP contribution in [0.1, 0.15) is 5.56 Å². The minimum Gasteiger partial charge on any atom is -0.368 e. The summed E-state index contributed by atoms with van der Waals surface area (Å²) in [5.41, 5.74) is 6.23. The number of halogens is 1. The summed E-state index contributed by atoms with van der Waals surface area (Å²) in [6.07, 6.45) is 1.54. The highest BCUT2D eigenvalue weighted by molar-refractivity contribution is 9.10. The number of carbonyl (C=O) groups excluding carboxylic acids is 1. The Labute approximate surface area is 136 Å². The van der Waals surface area contributed by atoms with Crippen LogP contribution in [0.2, 0.25) is 0 Å². The topological polar surface area (TPSA) is 94.5 Å². The van der Waals surface area contributed by atoms with Crippen LogP contribution in [0.25, 0.3) is 0 Å². The summed E-state index contributed by atoms with van der Waals surface area (Å²) in [5.74, 6) is -0.587. The Morgan fingerprint density at radius 1 is 1.27 bits per heavy atom. The summed E-state index contributed by atoms with van der Waals surface area (Å²) in [7, 11) is -3.87. The fourth-order valence-corrected chi connectivity index (χ4v) is 3.07. The molecular weight excluding hydrogens is 370 g/mol. The Balaban J connectivity index is 2.58. The number of aromatic nitrogens is 1. The molecule has 22 heavy (non-hydrogen) atoms. The molecule has 0 atom stereocenters. The van der Waals surface area contributed by atoms with Gasteiger partial charge in [0.1, 0.15) is 12.0 Å². The van der Waals surface area contributed by atoms with E-state index in [4.69, 9.17) is 5.73 Å². The van der Waals surface area contributed by atoms with Gasteiger partial charge >= 0.3 is 0 Å². The highest BCUT2D eigenvalue weighted by Crippen LogP contribution is 2.13. The lowest BCUT2D eigenvalue weighted by atomic mass is 10.2. The van der Waals surface area contributed by atoms with Crippen molar-refractivity contribution in [1.29, 1.82) is 0 Å². The molecule has 2 rings (SSSR count). The Morgan fingerprint density at radius 3 is 2.50 bits per heavy atom. The van der Waals surface area contributed by atoms with Crippen LogP contribution in [-0.4, -0.2) is 18.9 Å². The lowest BCUT2D eigenvalue weighted by molar-refractivity contribution is -0.118. The van der Waals surface area contributed by atoms with Crippen molar-refractivity contribution in [3.63, 3.8) is 0 Å². The molecular formula is C14H14BrN3O3S. The second-order valence-corrected chi connectivity index (χ2v) is 7.20. The number of primary amides is 1. The fraction of sp³-hybridized carbons (Fsp3) is 0.143. The van der Waals surface area contributed by atoms with Gasteiger partial charge in [-0.25, -0.2) is 0 Å². The molecule has 0 spiro atoms. The normalized spacial score (nSPS) is 12.4. The zero-order valence-corrected chi connectivity index (χ0v) is 14.1. The minimum absolute atomic E-state index is 0.0868. The lowest BCUT2D eigenvalue weighted by Crippen LogP contribution is -2.28. The number of sulfonamides is 1. The van der Waals surface area contributed by atoms with Crippen molar-refractivity contribution in [2.45, 2.75) is 18.4 Å². The first kappa shape index (κ1) is 16.4. The summed E-state index contributed by atoms with van der Waals surface area (Å²) >= 11 is 3.25. The maximum atomic E-state index is 12.4. The molecule has 1 amide bonds. The van der Waals surface area contributed by atoms with E-state index in [0.29, 0.717) is 4.47 Å². The molecule has 8 heteroatoms. The summed E-state index contributed by atoms with van der Waals surface area (Å²) in [5, 5.41) is 0. The maximum absolute atomic E-state index is 12.4. The van der Waals surface area contributed by atoms with Gasteiger partial charge < -0.3 is 10.3 Å². The van der Waals surface area contributed by atoms with E-state index < -0.39 is 15.9 Å². The Hall–Kier alpha value is -1.93. The molecule has 1 aromatic carbocycles. The number of carbonyl (C=O) groups is 1.